The van der Waals surface area contributed by atoms with Crippen molar-refractivity contribution in [3.63, 3.8) is 0 Å². The summed E-state index contributed by atoms with van der Waals surface area (Å²) < 4.78 is 0.950. The van der Waals surface area contributed by atoms with Gasteiger partial charge in [0.15, 0.2) is 0 Å². The molecule has 0 amide bonds. The fourth-order valence-electron chi connectivity index (χ4n) is 3.23. The first-order chi connectivity index (χ1) is 10.0. The molecule has 116 valence electrons. The van der Waals surface area contributed by atoms with E-state index in [0.29, 0.717) is 16.5 Å². The Morgan fingerprint density at radius 3 is 2.41 bits per heavy atom. The number of quaternary nitrogens is 1. The first-order valence-electron chi connectivity index (χ1n) is 7.50. The molecular weight excluding hydrogens is 332 g/mol. The Morgan fingerprint density at radius 1 is 1.14 bits per heavy atom. The van der Waals surface area contributed by atoms with Crippen LogP contribution in [0.1, 0.15) is 37.7 Å². The normalized spacial score (nSPS) is 16.8. The number of carbonyl (C=O) groups excluding carboxylic acids is 1. The molecule has 0 saturated carbocycles. The van der Waals surface area contributed by atoms with Crippen LogP contribution in [-0.4, -0.2) is 30.1 Å². The molecule has 3 nitrogen and oxygen atoms in total. The Balaban J connectivity index is 0.00000242. The number of aliphatic carboxylic acids is 1. The van der Waals surface area contributed by atoms with Crippen LogP contribution in [0.25, 0.3) is 0 Å². The molecule has 0 atom stereocenters. The summed E-state index contributed by atoms with van der Waals surface area (Å²) in [5.41, 5.74) is 1.17. The standard InChI is InChI=1S/C16H21Cl2NO2.Na/c17-14-7-6-13(11-15(14)18)12-19(8-2-1-3-9-19)10-4-5-16(20)21;/h6-7,11H,1-5,8-10,12H2;/q;+1. The van der Waals surface area contributed by atoms with Crippen LogP contribution in [0.4, 0.5) is 0 Å². The van der Waals surface area contributed by atoms with Gasteiger partial charge in [0, 0.05) is 18.0 Å². The molecule has 1 aliphatic rings. The van der Waals surface area contributed by atoms with Crippen molar-refractivity contribution in [1.82, 2.24) is 0 Å². The van der Waals surface area contributed by atoms with Crippen LogP contribution >= 0.6 is 23.2 Å². The number of carboxylic acids is 1. The monoisotopic (exact) mass is 352 g/mol. The molecule has 1 saturated heterocycles. The average Bonchev–Trinajstić information content (AvgIpc) is 2.43. The van der Waals surface area contributed by atoms with Gasteiger partial charge in [0.1, 0.15) is 6.54 Å². The Bertz CT molecular complexity index is 505. The number of likely N-dealkylation sites (tertiary alicyclic amines) is 1. The second-order valence-electron chi connectivity index (χ2n) is 5.96. The van der Waals surface area contributed by atoms with Crippen molar-refractivity contribution in [1.29, 1.82) is 0 Å². The van der Waals surface area contributed by atoms with E-state index in [1.807, 2.05) is 18.2 Å². The summed E-state index contributed by atoms with van der Waals surface area (Å²) in [6.45, 7) is 3.98. The van der Waals surface area contributed by atoms with Gasteiger partial charge in [-0.25, -0.2) is 0 Å². The predicted octanol–water partition coefficient (Wildman–Crippen LogP) is 0.0282. The SMILES string of the molecule is O=C([O-])CCC[N+]1(Cc2ccc(Cl)c(Cl)c2)CCCCC1.[Na+]. The smallest absolute Gasteiger partial charge is 0.550 e. The first kappa shape index (κ1) is 20.3. The summed E-state index contributed by atoms with van der Waals surface area (Å²) >= 11 is 12.1. The van der Waals surface area contributed by atoms with E-state index in [1.54, 1.807) is 0 Å². The second-order valence-corrected chi connectivity index (χ2v) is 6.77. The maximum atomic E-state index is 10.6. The van der Waals surface area contributed by atoms with Crippen LogP contribution < -0.4 is 34.7 Å². The Labute approximate surface area is 164 Å². The first-order valence-corrected chi connectivity index (χ1v) is 8.25. The van der Waals surface area contributed by atoms with E-state index in [2.05, 4.69) is 0 Å². The van der Waals surface area contributed by atoms with Gasteiger partial charge in [-0.3, -0.25) is 0 Å². The van der Waals surface area contributed by atoms with E-state index in [9.17, 15) is 9.90 Å². The Hall–Kier alpha value is 0.230. The molecule has 0 aliphatic carbocycles. The molecule has 0 radical (unpaired) electrons. The average molecular weight is 353 g/mol. The molecule has 0 spiro atoms. The molecule has 6 heteroatoms. The molecule has 2 rings (SSSR count). The molecular formula is C16H21Cl2NNaO2+. The Morgan fingerprint density at radius 2 is 1.82 bits per heavy atom. The van der Waals surface area contributed by atoms with Crippen LogP contribution in [0.2, 0.25) is 10.0 Å². The van der Waals surface area contributed by atoms with E-state index in [4.69, 9.17) is 23.2 Å². The molecule has 1 heterocycles. The fraction of sp³-hybridized carbons (Fsp3) is 0.562. The van der Waals surface area contributed by atoms with Gasteiger partial charge in [0.25, 0.3) is 0 Å². The maximum Gasteiger partial charge on any atom is 1.00 e. The largest absolute Gasteiger partial charge is 1.00 e. The van der Waals surface area contributed by atoms with Crippen molar-refractivity contribution in [2.75, 3.05) is 19.6 Å². The molecule has 1 fully saturated rings. The van der Waals surface area contributed by atoms with Crippen molar-refractivity contribution < 1.29 is 43.9 Å². The molecule has 0 N–H and O–H groups in total. The van der Waals surface area contributed by atoms with Crippen molar-refractivity contribution in [2.24, 2.45) is 0 Å². The topological polar surface area (TPSA) is 40.1 Å². The molecule has 22 heavy (non-hydrogen) atoms. The van der Waals surface area contributed by atoms with Gasteiger partial charge in [-0.15, -0.1) is 0 Å². The number of benzene rings is 1. The second kappa shape index (κ2) is 9.51. The van der Waals surface area contributed by atoms with Crippen LogP contribution in [0, 0.1) is 0 Å². The van der Waals surface area contributed by atoms with Gasteiger partial charge in [-0.05, 0) is 37.8 Å². The van der Waals surface area contributed by atoms with Crippen LogP contribution in [-0.2, 0) is 11.3 Å². The van der Waals surface area contributed by atoms with Crippen LogP contribution in [0.5, 0.6) is 0 Å². The van der Waals surface area contributed by atoms with E-state index >= 15 is 0 Å². The summed E-state index contributed by atoms with van der Waals surface area (Å²) in [4.78, 5) is 10.6. The number of rotatable bonds is 6. The van der Waals surface area contributed by atoms with E-state index < -0.39 is 5.97 Å². The number of hydrogen-bond donors (Lipinski definition) is 0. The van der Waals surface area contributed by atoms with Crippen LogP contribution in [0.15, 0.2) is 18.2 Å². The molecule has 0 aromatic heterocycles. The van der Waals surface area contributed by atoms with E-state index in [-0.39, 0.29) is 36.0 Å². The number of halogens is 2. The van der Waals surface area contributed by atoms with Crippen molar-refractivity contribution in [2.45, 2.75) is 38.6 Å². The maximum absolute atomic E-state index is 10.6. The van der Waals surface area contributed by atoms with Crippen LogP contribution in [0.3, 0.4) is 0 Å². The summed E-state index contributed by atoms with van der Waals surface area (Å²) in [6, 6.07) is 5.78. The molecule has 0 bridgehead atoms. The molecule has 1 aromatic carbocycles. The number of nitrogens with zero attached hydrogens (tertiary/aromatic N) is 1. The number of hydrogen-bond acceptors (Lipinski definition) is 2. The third-order valence-corrected chi connectivity index (χ3v) is 5.02. The zero-order chi connectivity index (χ0) is 15.3. The number of carboxylic acid groups (broad SMARTS) is 1. The third-order valence-electron chi connectivity index (χ3n) is 4.28. The minimum atomic E-state index is -0.959. The van der Waals surface area contributed by atoms with Gasteiger partial charge >= 0.3 is 29.6 Å². The van der Waals surface area contributed by atoms with Gasteiger partial charge in [-0.2, -0.15) is 0 Å². The summed E-state index contributed by atoms with van der Waals surface area (Å²) in [5.74, 6) is -0.959. The Kier molecular flexibility index (Phi) is 8.76. The number of carbonyl (C=O) groups is 1. The molecule has 0 unspecified atom stereocenters. The third kappa shape index (κ3) is 6.03. The van der Waals surface area contributed by atoms with E-state index in [0.717, 1.165) is 30.7 Å². The summed E-state index contributed by atoms with van der Waals surface area (Å²) in [7, 11) is 0. The number of piperidine rings is 1. The minimum absolute atomic E-state index is 0. The van der Waals surface area contributed by atoms with Crippen molar-refractivity contribution in [3.05, 3.63) is 33.8 Å². The van der Waals surface area contributed by atoms with Gasteiger partial charge in [0.05, 0.1) is 29.7 Å². The molecule has 1 aliphatic heterocycles. The van der Waals surface area contributed by atoms with Gasteiger partial charge in [-0.1, -0.05) is 29.3 Å². The van der Waals surface area contributed by atoms with Crippen molar-refractivity contribution >= 4 is 29.2 Å². The zero-order valence-corrected chi connectivity index (χ0v) is 16.6. The molecule has 1 aromatic rings. The zero-order valence-electron chi connectivity index (χ0n) is 13.1. The quantitative estimate of drug-likeness (QED) is 0.535. The predicted molar refractivity (Wildman–Crippen MR) is 83.1 cm³/mol. The minimum Gasteiger partial charge on any atom is -0.550 e. The van der Waals surface area contributed by atoms with Gasteiger partial charge < -0.3 is 14.4 Å². The summed E-state index contributed by atoms with van der Waals surface area (Å²) in [6.07, 6.45) is 4.48. The fourth-order valence-corrected chi connectivity index (χ4v) is 3.55. The summed E-state index contributed by atoms with van der Waals surface area (Å²) in [5, 5.41) is 11.8. The van der Waals surface area contributed by atoms with Crippen molar-refractivity contribution in [3.8, 4) is 0 Å². The van der Waals surface area contributed by atoms with E-state index in [1.165, 1.54) is 24.8 Å². The van der Waals surface area contributed by atoms with Gasteiger partial charge in [0.2, 0.25) is 0 Å².